The zero-order valence-electron chi connectivity index (χ0n) is 16.7. The van der Waals surface area contributed by atoms with Gasteiger partial charge in [0.05, 0.1) is 29.5 Å². The molecule has 1 heterocycles. The van der Waals surface area contributed by atoms with Gasteiger partial charge in [0.15, 0.2) is 0 Å². The van der Waals surface area contributed by atoms with E-state index in [1.807, 2.05) is 0 Å². The number of piperidine rings is 1. The number of alkyl halides is 6. The van der Waals surface area contributed by atoms with Gasteiger partial charge in [0.25, 0.3) is 0 Å². The Morgan fingerprint density at radius 1 is 1.13 bits per heavy atom. The molecule has 3 N–H and O–H groups in total. The molecule has 0 aliphatic carbocycles. The number of β-amino-alcohol motifs (C(OH)–C–C–N with tert-alkyl or cyclic N) is 1. The van der Waals surface area contributed by atoms with E-state index >= 15 is 0 Å². The van der Waals surface area contributed by atoms with E-state index in [1.165, 1.54) is 13.8 Å². The van der Waals surface area contributed by atoms with E-state index < -0.39 is 40.7 Å². The van der Waals surface area contributed by atoms with Gasteiger partial charge in [0.2, 0.25) is 0 Å². The normalized spacial score (nSPS) is 27.2. The number of hydrogen-bond donors (Lipinski definition) is 3. The Morgan fingerprint density at radius 3 is 2.07 bits per heavy atom. The first-order valence-electron chi connectivity index (χ1n) is 9.17. The third-order valence-electron chi connectivity index (χ3n) is 5.45. The van der Waals surface area contributed by atoms with Crippen molar-refractivity contribution in [1.82, 2.24) is 5.32 Å². The molecule has 0 spiro atoms. The Balaban J connectivity index is 2.14. The highest BCUT2D eigenvalue weighted by Gasteiger charge is 2.42. The molecule has 11 heteroatoms. The van der Waals surface area contributed by atoms with E-state index in [0.717, 1.165) is 0 Å². The maximum Gasteiger partial charge on any atom is 0.416 e. The van der Waals surface area contributed by atoms with Crippen LogP contribution in [0.25, 0.3) is 0 Å². The summed E-state index contributed by atoms with van der Waals surface area (Å²) in [6, 6.07) is 1.37. The fraction of sp³-hybridized carbons (Fsp3) is 0.632. The molecule has 1 aromatic carbocycles. The maximum absolute atomic E-state index is 13.0. The van der Waals surface area contributed by atoms with Crippen LogP contribution in [0.5, 0.6) is 0 Å². The fourth-order valence-electron chi connectivity index (χ4n) is 3.16. The van der Waals surface area contributed by atoms with Gasteiger partial charge in [0.1, 0.15) is 5.60 Å². The Kier molecular flexibility index (Phi) is 6.80. The van der Waals surface area contributed by atoms with Crippen LogP contribution in [0.2, 0.25) is 0 Å². The largest absolute Gasteiger partial charge is 0.416 e. The molecule has 0 bridgehead atoms. The molecule has 1 aromatic rings. The van der Waals surface area contributed by atoms with E-state index in [1.54, 1.807) is 6.92 Å². The van der Waals surface area contributed by atoms with E-state index in [2.05, 4.69) is 10.5 Å². The monoisotopic (exact) mass is 442 g/mol. The lowest BCUT2D eigenvalue weighted by Gasteiger charge is -2.43. The van der Waals surface area contributed by atoms with Crippen molar-refractivity contribution in [3.05, 3.63) is 34.9 Å². The van der Waals surface area contributed by atoms with Gasteiger partial charge in [-0.15, -0.1) is 0 Å². The molecular formula is C19H24F6N2O3. The van der Waals surface area contributed by atoms with Crippen LogP contribution in [0.3, 0.4) is 0 Å². The highest BCUT2D eigenvalue weighted by Crippen LogP contribution is 2.38. The molecule has 5 nitrogen and oxygen atoms in total. The zero-order valence-corrected chi connectivity index (χ0v) is 16.7. The molecule has 1 fully saturated rings. The van der Waals surface area contributed by atoms with E-state index in [4.69, 9.17) is 9.94 Å². The van der Waals surface area contributed by atoms with Crippen molar-refractivity contribution in [2.24, 2.45) is 5.16 Å². The first-order valence-corrected chi connectivity index (χ1v) is 9.17. The predicted octanol–water partition coefficient (Wildman–Crippen LogP) is 4.53. The summed E-state index contributed by atoms with van der Waals surface area (Å²) in [7, 11) is 0. The van der Waals surface area contributed by atoms with Crippen molar-refractivity contribution in [3.63, 3.8) is 0 Å². The summed E-state index contributed by atoms with van der Waals surface area (Å²) in [5.41, 5.74) is -4.92. The smallest absolute Gasteiger partial charge is 0.411 e. The number of nitrogens with one attached hydrogen (secondary N) is 1. The average Bonchev–Trinajstić information content (AvgIpc) is 2.66. The van der Waals surface area contributed by atoms with Gasteiger partial charge in [-0.2, -0.15) is 26.3 Å². The van der Waals surface area contributed by atoms with Gasteiger partial charge in [0, 0.05) is 12.1 Å². The van der Waals surface area contributed by atoms with Crippen LogP contribution >= 0.6 is 0 Å². The molecule has 1 saturated heterocycles. The molecule has 30 heavy (non-hydrogen) atoms. The molecule has 1 aliphatic heterocycles. The van der Waals surface area contributed by atoms with E-state index in [-0.39, 0.29) is 36.9 Å². The number of aliphatic hydroxyl groups is 1. The highest BCUT2D eigenvalue weighted by molar-refractivity contribution is 5.90. The Labute approximate surface area is 169 Å². The summed E-state index contributed by atoms with van der Waals surface area (Å²) in [5, 5.41) is 25.4. The minimum absolute atomic E-state index is 0.0167. The molecule has 0 amide bonds. The molecule has 0 aromatic heterocycles. The average molecular weight is 442 g/mol. The zero-order chi connectivity index (χ0) is 23.0. The second kappa shape index (κ2) is 8.35. The minimum atomic E-state index is -4.93. The van der Waals surface area contributed by atoms with Crippen LogP contribution in [0.15, 0.2) is 23.4 Å². The molecule has 1 aliphatic rings. The van der Waals surface area contributed by atoms with Crippen molar-refractivity contribution in [3.8, 4) is 0 Å². The van der Waals surface area contributed by atoms with Gasteiger partial charge in [-0.1, -0.05) is 5.16 Å². The minimum Gasteiger partial charge on any atom is -0.411 e. The van der Waals surface area contributed by atoms with Gasteiger partial charge in [-0.25, -0.2) is 0 Å². The maximum atomic E-state index is 13.0. The van der Waals surface area contributed by atoms with Crippen molar-refractivity contribution < 1.29 is 41.4 Å². The number of hydrogen-bond acceptors (Lipinski definition) is 5. The Morgan fingerprint density at radius 2 is 1.67 bits per heavy atom. The number of rotatable bonds is 5. The molecule has 3 atom stereocenters. The Hall–Kier alpha value is -1.85. The third-order valence-corrected chi connectivity index (χ3v) is 5.45. The molecule has 0 radical (unpaired) electrons. The third kappa shape index (κ3) is 5.64. The van der Waals surface area contributed by atoms with Crippen molar-refractivity contribution in [2.45, 2.75) is 63.2 Å². The summed E-state index contributed by atoms with van der Waals surface area (Å²) < 4.78 is 83.8. The summed E-state index contributed by atoms with van der Waals surface area (Å²) in [4.78, 5) is 0. The SMILES string of the molecule is C/C(=N\O)C1(O)CCC(C)(COC(C)c2cc(C(F)(F)F)cc(C(F)(F)F)c2)NC1. The fourth-order valence-corrected chi connectivity index (χ4v) is 3.16. The number of nitrogens with zero attached hydrogens (tertiary/aromatic N) is 1. The number of ether oxygens (including phenoxy) is 1. The lowest BCUT2D eigenvalue weighted by Crippen LogP contribution is -2.61. The predicted molar refractivity (Wildman–Crippen MR) is 96.3 cm³/mol. The van der Waals surface area contributed by atoms with Crippen LogP contribution in [0, 0.1) is 0 Å². The highest BCUT2D eigenvalue weighted by atomic mass is 19.4. The first-order chi connectivity index (χ1) is 13.6. The number of oxime groups is 1. The van der Waals surface area contributed by atoms with Crippen LogP contribution in [-0.4, -0.2) is 40.3 Å². The lowest BCUT2D eigenvalue weighted by molar-refractivity contribution is -0.143. The quantitative estimate of drug-likeness (QED) is 0.271. The van der Waals surface area contributed by atoms with Gasteiger partial charge in [-0.05, 0) is 57.4 Å². The topological polar surface area (TPSA) is 74.1 Å². The summed E-state index contributed by atoms with van der Waals surface area (Å²) >= 11 is 0. The van der Waals surface area contributed by atoms with Crippen LogP contribution in [0.1, 0.15) is 56.4 Å². The lowest BCUT2D eigenvalue weighted by atomic mass is 9.81. The second-order valence-corrected chi connectivity index (χ2v) is 7.92. The van der Waals surface area contributed by atoms with Crippen LogP contribution < -0.4 is 5.32 Å². The molecule has 0 saturated carbocycles. The van der Waals surface area contributed by atoms with Crippen molar-refractivity contribution in [1.29, 1.82) is 0 Å². The van der Waals surface area contributed by atoms with Crippen LogP contribution in [-0.2, 0) is 17.1 Å². The number of benzene rings is 1. The van der Waals surface area contributed by atoms with Gasteiger partial charge in [-0.3, -0.25) is 0 Å². The van der Waals surface area contributed by atoms with E-state index in [0.29, 0.717) is 18.6 Å². The van der Waals surface area contributed by atoms with Gasteiger partial charge < -0.3 is 20.4 Å². The standard InChI is InChI=1S/C19H24F6N2O3/c1-11(13-6-14(18(20,21)22)8-15(7-13)19(23,24)25)30-10-16(3)4-5-17(28,9-26-16)12(2)27-29/h6-8,11,26,28-29H,4-5,9-10H2,1-3H3/b27-12+. The Bertz CT molecular complexity index is 751. The molecule has 3 unspecified atom stereocenters. The molecule has 2 rings (SSSR count). The van der Waals surface area contributed by atoms with Crippen LogP contribution in [0.4, 0.5) is 26.3 Å². The second-order valence-electron chi connectivity index (χ2n) is 7.92. The summed E-state index contributed by atoms with van der Waals surface area (Å²) in [6.45, 7) is 4.64. The molecular weight excluding hydrogens is 418 g/mol. The molecule has 170 valence electrons. The van der Waals surface area contributed by atoms with Crippen molar-refractivity contribution >= 4 is 5.71 Å². The van der Waals surface area contributed by atoms with Gasteiger partial charge >= 0.3 is 12.4 Å². The van der Waals surface area contributed by atoms with E-state index in [9.17, 15) is 31.4 Å². The summed E-state index contributed by atoms with van der Waals surface area (Å²) in [6.07, 6.45) is -10.3. The summed E-state index contributed by atoms with van der Waals surface area (Å²) in [5.74, 6) is 0. The first kappa shape index (κ1) is 24.4. The number of halogens is 6. The van der Waals surface area contributed by atoms with Crippen molar-refractivity contribution in [2.75, 3.05) is 13.2 Å².